The third-order valence-electron chi connectivity index (χ3n) is 2.76. The Morgan fingerprint density at radius 1 is 1.14 bits per heavy atom. The number of ether oxygens (including phenoxy) is 2. The summed E-state index contributed by atoms with van der Waals surface area (Å²) >= 11 is 0. The van der Waals surface area contributed by atoms with Gasteiger partial charge in [-0.05, 0) is 26.3 Å². The summed E-state index contributed by atoms with van der Waals surface area (Å²) in [5, 5.41) is 5.28. The summed E-state index contributed by atoms with van der Waals surface area (Å²) in [4.78, 5) is 24.0. The molecular weight excluding hydrogens is 284 g/mol. The average molecular weight is 308 g/mol. The number of benzene rings is 1. The number of rotatable bonds is 6. The van der Waals surface area contributed by atoms with Crippen molar-refractivity contribution in [3.8, 4) is 0 Å². The second kappa shape index (κ2) is 8.38. The number of methoxy groups -OCH3 is 1. The van der Waals surface area contributed by atoms with Crippen LogP contribution >= 0.6 is 0 Å². The molecule has 0 aliphatic heterocycles. The molecule has 0 radical (unpaired) electrons. The van der Waals surface area contributed by atoms with Gasteiger partial charge in [-0.1, -0.05) is 30.3 Å². The van der Waals surface area contributed by atoms with Crippen LogP contribution in [0.5, 0.6) is 0 Å². The second-order valence-electron chi connectivity index (χ2n) is 5.82. The molecule has 122 valence electrons. The maximum atomic E-state index is 12.2. The molecule has 0 fully saturated rings. The molecule has 0 aromatic heterocycles. The summed E-state index contributed by atoms with van der Waals surface area (Å²) in [7, 11) is 1.50. The first-order valence-electron chi connectivity index (χ1n) is 7.12. The minimum absolute atomic E-state index is 0.120. The van der Waals surface area contributed by atoms with Gasteiger partial charge in [0.2, 0.25) is 5.91 Å². The Morgan fingerprint density at radius 3 is 2.32 bits per heavy atom. The SMILES string of the molecule is COCNC(=O)C(CNC(=O)OC(C)(C)C)c1ccccc1. The lowest BCUT2D eigenvalue weighted by molar-refractivity contribution is -0.123. The first-order chi connectivity index (χ1) is 10.3. The van der Waals surface area contributed by atoms with Gasteiger partial charge in [-0.3, -0.25) is 4.79 Å². The van der Waals surface area contributed by atoms with Gasteiger partial charge in [-0.25, -0.2) is 4.79 Å². The molecule has 1 aromatic rings. The largest absolute Gasteiger partial charge is 0.444 e. The molecule has 6 heteroatoms. The fourth-order valence-corrected chi connectivity index (χ4v) is 1.81. The number of alkyl carbamates (subject to hydrolysis) is 1. The summed E-state index contributed by atoms with van der Waals surface area (Å²) in [6.45, 7) is 5.62. The van der Waals surface area contributed by atoms with E-state index in [1.54, 1.807) is 20.8 Å². The van der Waals surface area contributed by atoms with Crippen LogP contribution in [0.25, 0.3) is 0 Å². The average Bonchev–Trinajstić information content (AvgIpc) is 2.44. The molecule has 1 aromatic carbocycles. The first-order valence-corrected chi connectivity index (χ1v) is 7.12. The van der Waals surface area contributed by atoms with Crippen molar-refractivity contribution in [3.63, 3.8) is 0 Å². The van der Waals surface area contributed by atoms with Gasteiger partial charge in [-0.15, -0.1) is 0 Å². The van der Waals surface area contributed by atoms with Crippen LogP contribution in [0, 0.1) is 0 Å². The molecular formula is C16H24N2O4. The number of hydrogen-bond donors (Lipinski definition) is 2. The van der Waals surface area contributed by atoms with Crippen molar-refractivity contribution < 1.29 is 19.1 Å². The zero-order valence-electron chi connectivity index (χ0n) is 13.5. The minimum Gasteiger partial charge on any atom is -0.444 e. The Kier molecular flexibility index (Phi) is 6.85. The van der Waals surface area contributed by atoms with Gasteiger partial charge in [0.1, 0.15) is 12.3 Å². The van der Waals surface area contributed by atoms with Gasteiger partial charge in [0.25, 0.3) is 0 Å². The lowest BCUT2D eigenvalue weighted by Crippen LogP contribution is -2.40. The lowest BCUT2D eigenvalue weighted by atomic mass is 9.98. The number of carbonyl (C=O) groups excluding carboxylic acids is 2. The second-order valence-corrected chi connectivity index (χ2v) is 5.82. The Balaban J connectivity index is 2.71. The molecule has 2 N–H and O–H groups in total. The number of nitrogens with one attached hydrogen (secondary N) is 2. The Hall–Kier alpha value is -2.08. The normalized spacial score (nSPS) is 12.4. The molecule has 0 heterocycles. The number of amides is 2. The van der Waals surface area contributed by atoms with Crippen molar-refractivity contribution in [2.24, 2.45) is 0 Å². The van der Waals surface area contributed by atoms with E-state index < -0.39 is 17.6 Å². The zero-order chi connectivity index (χ0) is 16.6. The van der Waals surface area contributed by atoms with Gasteiger partial charge in [0.05, 0.1) is 5.92 Å². The quantitative estimate of drug-likeness (QED) is 0.788. The molecule has 22 heavy (non-hydrogen) atoms. The standard InChI is InChI=1S/C16H24N2O4/c1-16(2,3)22-15(20)17-10-13(14(19)18-11-21-4)12-8-6-5-7-9-12/h5-9,13H,10-11H2,1-4H3,(H,17,20)(H,18,19). The summed E-state index contributed by atoms with van der Waals surface area (Å²) in [5.74, 6) is -0.729. The van der Waals surface area contributed by atoms with Crippen molar-refractivity contribution in [2.45, 2.75) is 32.3 Å². The van der Waals surface area contributed by atoms with E-state index in [0.717, 1.165) is 5.56 Å². The molecule has 1 atom stereocenters. The number of hydrogen-bond acceptors (Lipinski definition) is 4. The Bertz CT molecular complexity index is 483. The van der Waals surface area contributed by atoms with Crippen LogP contribution in [-0.4, -0.2) is 38.0 Å². The van der Waals surface area contributed by atoms with Crippen LogP contribution in [0.3, 0.4) is 0 Å². The van der Waals surface area contributed by atoms with Crippen LogP contribution in [0.2, 0.25) is 0 Å². The van der Waals surface area contributed by atoms with E-state index in [-0.39, 0.29) is 19.2 Å². The maximum Gasteiger partial charge on any atom is 0.407 e. The number of carbonyl (C=O) groups is 2. The smallest absolute Gasteiger partial charge is 0.407 e. The molecule has 2 amide bonds. The van der Waals surface area contributed by atoms with E-state index in [4.69, 9.17) is 9.47 Å². The van der Waals surface area contributed by atoms with Crippen molar-refractivity contribution in [1.82, 2.24) is 10.6 Å². The van der Waals surface area contributed by atoms with Crippen molar-refractivity contribution in [2.75, 3.05) is 20.4 Å². The summed E-state index contributed by atoms with van der Waals surface area (Å²) in [6, 6.07) is 9.25. The Morgan fingerprint density at radius 2 is 1.77 bits per heavy atom. The van der Waals surface area contributed by atoms with Crippen LogP contribution in [0.1, 0.15) is 32.3 Å². The van der Waals surface area contributed by atoms with Gasteiger partial charge in [0, 0.05) is 13.7 Å². The van der Waals surface area contributed by atoms with Crippen molar-refractivity contribution >= 4 is 12.0 Å². The van der Waals surface area contributed by atoms with Gasteiger partial charge in [-0.2, -0.15) is 0 Å². The van der Waals surface area contributed by atoms with Crippen molar-refractivity contribution in [1.29, 1.82) is 0 Å². The molecule has 6 nitrogen and oxygen atoms in total. The zero-order valence-corrected chi connectivity index (χ0v) is 13.5. The maximum absolute atomic E-state index is 12.2. The van der Waals surface area contributed by atoms with E-state index in [0.29, 0.717) is 0 Å². The van der Waals surface area contributed by atoms with Gasteiger partial charge >= 0.3 is 6.09 Å². The highest BCUT2D eigenvalue weighted by atomic mass is 16.6. The summed E-state index contributed by atoms with van der Waals surface area (Å²) in [6.07, 6.45) is -0.548. The van der Waals surface area contributed by atoms with Crippen LogP contribution in [0.15, 0.2) is 30.3 Å². The topological polar surface area (TPSA) is 76.7 Å². The summed E-state index contributed by atoms with van der Waals surface area (Å²) in [5.41, 5.74) is 0.233. The molecule has 0 saturated carbocycles. The summed E-state index contributed by atoms with van der Waals surface area (Å²) < 4.78 is 10.0. The lowest BCUT2D eigenvalue weighted by Gasteiger charge is -2.22. The fourth-order valence-electron chi connectivity index (χ4n) is 1.81. The molecule has 0 saturated heterocycles. The van der Waals surface area contributed by atoms with Gasteiger partial charge in [0.15, 0.2) is 0 Å². The van der Waals surface area contributed by atoms with E-state index in [1.807, 2.05) is 30.3 Å². The highest BCUT2D eigenvalue weighted by molar-refractivity contribution is 5.84. The van der Waals surface area contributed by atoms with Gasteiger partial charge < -0.3 is 20.1 Å². The fraction of sp³-hybridized carbons (Fsp3) is 0.500. The third kappa shape index (κ3) is 6.58. The van der Waals surface area contributed by atoms with Crippen LogP contribution < -0.4 is 10.6 Å². The first kappa shape index (κ1) is 18.0. The highest BCUT2D eigenvalue weighted by Gasteiger charge is 2.23. The minimum atomic E-state index is -0.579. The molecule has 0 spiro atoms. The predicted molar refractivity (Wildman–Crippen MR) is 83.4 cm³/mol. The molecule has 0 aliphatic rings. The molecule has 0 bridgehead atoms. The molecule has 1 unspecified atom stereocenters. The Labute approximate surface area is 131 Å². The van der Waals surface area contributed by atoms with E-state index >= 15 is 0 Å². The highest BCUT2D eigenvalue weighted by Crippen LogP contribution is 2.15. The van der Waals surface area contributed by atoms with E-state index in [9.17, 15) is 9.59 Å². The van der Waals surface area contributed by atoms with E-state index in [1.165, 1.54) is 7.11 Å². The third-order valence-corrected chi connectivity index (χ3v) is 2.76. The van der Waals surface area contributed by atoms with Crippen molar-refractivity contribution in [3.05, 3.63) is 35.9 Å². The van der Waals surface area contributed by atoms with E-state index in [2.05, 4.69) is 10.6 Å². The van der Waals surface area contributed by atoms with Crippen LogP contribution in [0.4, 0.5) is 4.79 Å². The van der Waals surface area contributed by atoms with Crippen LogP contribution in [-0.2, 0) is 14.3 Å². The monoisotopic (exact) mass is 308 g/mol. The molecule has 1 rings (SSSR count). The molecule has 0 aliphatic carbocycles. The predicted octanol–water partition coefficient (Wildman–Crippen LogP) is 2.01.